The molecule has 1 aliphatic carbocycles. The molecule has 1 heterocycles. The van der Waals surface area contributed by atoms with Gasteiger partial charge in [-0.1, -0.05) is 6.92 Å². The normalized spacial score (nSPS) is 34.1. The van der Waals surface area contributed by atoms with Gasteiger partial charge in [0, 0.05) is 19.0 Å². The molecule has 1 saturated carbocycles. The fraction of sp³-hybridized carbons (Fsp3) is 0.833. The highest BCUT2D eigenvalue weighted by molar-refractivity contribution is 5.93. The van der Waals surface area contributed by atoms with Crippen LogP contribution in [-0.2, 0) is 9.59 Å². The SMILES string of the molecule is CC1CC(N2CCC(=O)NC(C)(C)C2=O)C1. The second kappa shape index (κ2) is 3.75. The van der Waals surface area contributed by atoms with Crippen molar-refractivity contribution in [3.63, 3.8) is 0 Å². The Morgan fingerprint density at radius 3 is 2.50 bits per heavy atom. The van der Waals surface area contributed by atoms with Crippen LogP contribution in [0.25, 0.3) is 0 Å². The van der Waals surface area contributed by atoms with Gasteiger partial charge in [-0.3, -0.25) is 9.59 Å². The van der Waals surface area contributed by atoms with E-state index in [1.807, 2.05) is 4.90 Å². The van der Waals surface area contributed by atoms with Gasteiger partial charge in [0.05, 0.1) is 0 Å². The van der Waals surface area contributed by atoms with Gasteiger partial charge in [-0.2, -0.15) is 0 Å². The molecular formula is C12H20N2O2. The molecule has 1 aliphatic heterocycles. The van der Waals surface area contributed by atoms with Gasteiger partial charge in [0.15, 0.2) is 0 Å². The Bertz CT molecular complexity index is 319. The molecule has 4 nitrogen and oxygen atoms in total. The van der Waals surface area contributed by atoms with Gasteiger partial charge < -0.3 is 10.2 Å². The van der Waals surface area contributed by atoms with E-state index in [0.717, 1.165) is 12.8 Å². The first kappa shape index (κ1) is 11.4. The number of hydrogen-bond acceptors (Lipinski definition) is 2. The maximum atomic E-state index is 12.3. The van der Waals surface area contributed by atoms with E-state index in [1.54, 1.807) is 13.8 Å². The van der Waals surface area contributed by atoms with E-state index >= 15 is 0 Å². The van der Waals surface area contributed by atoms with Crippen LogP contribution in [0.3, 0.4) is 0 Å². The number of carbonyl (C=O) groups excluding carboxylic acids is 2. The largest absolute Gasteiger partial charge is 0.342 e. The fourth-order valence-electron chi connectivity index (χ4n) is 2.61. The second-order valence-corrected chi connectivity index (χ2v) is 5.65. The van der Waals surface area contributed by atoms with E-state index in [-0.39, 0.29) is 11.8 Å². The molecule has 16 heavy (non-hydrogen) atoms. The van der Waals surface area contributed by atoms with Gasteiger partial charge in [0.1, 0.15) is 5.54 Å². The predicted molar refractivity (Wildman–Crippen MR) is 60.7 cm³/mol. The lowest BCUT2D eigenvalue weighted by Crippen LogP contribution is -2.57. The molecule has 1 saturated heterocycles. The summed E-state index contributed by atoms with van der Waals surface area (Å²) >= 11 is 0. The Morgan fingerprint density at radius 1 is 1.31 bits per heavy atom. The zero-order chi connectivity index (χ0) is 11.9. The lowest BCUT2D eigenvalue weighted by Gasteiger charge is -2.43. The Kier molecular flexibility index (Phi) is 2.68. The van der Waals surface area contributed by atoms with Crippen molar-refractivity contribution in [2.45, 2.75) is 51.6 Å². The molecule has 0 unspecified atom stereocenters. The summed E-state index contributed by atoms with van der Waals surface area (Å²) in [4.78, 5) is 25.7. The minimum atomic E-state index is -0.744. The van der Waals surface area contributed by atoms with Crippen molar-refractivity contribution in [3.05, 3.63) is 0 Å². The molecule has 0 aromatic carbocycles. The maximum absolute atomic E-state index is 12.3. The van der Waals surface area contributed by atoms with Crippen LogP contribution in [0.15, 0.2) is 0 Å². The molecule has 2 rings (SSSR count). The van der Waals surface area contributed by atoms with Crippen molar-refractivity contribution < 1.29 is 9.59 Å². The van der Waals surface area contributed by atoms with Gasteiger partial charge in [-0.25, -0.2) is 0 Å². The third-order valence-electron chi connectivity index (χ3n) is 3.62. The molecule has 90 valence electrons. The highest BCUT2D eigenvalue weighted by Gasteiger charge is 2.42. The van der Waals surface area contributed by atoms with E-state index in [4.69, 9.17) is 0 Å². The summed E-state index contributed by atoms with van der Waals surface area (Å²) in [7, 11) is 0. The zero-order valence-electron chi connectivity index (χ0n) is 10.2. The number of nitrogens with one attached hydrogen (secondary N) is 1. The molecule has 0 spiro atoms. The lowest BCUT2D eigenvalue weighted by atomic mass is 9.80. The van der Waals surface area contributed by atoms with Crippen LogP contribution in [0.4, 0.5) is 0 Å². The van der Waals surface area contributed by atoms with Gasteiger partial charge in [0.2, 0.25) is 11.8 Å². The Balaban J connectivity index is 2.12. The number of carbonyl (C=O) groups is 2. The molecule has 0 aromatic rings. The molecule has 2 fully saturated rings. The summed E-state index contributed by atoms with van der Waals surface area (Å²) in [5.74, 6) is 0.760. The monoisotopic (exact) mass is 224 g/mol. The molecule has 0 aromatic heterocycles. The van der Waals surface area contributed by atoms with Crippen molar-refractivity contribution in [1.82, 2.24) is 10.2 Å². The molecule has 0 bridgehead atoms. The number of amides is 2. The lowest BCUT2D eigenvalue weighted by molar-refractivity contribution is -0.141. The van der Waals surface area contributed by atoms with Crippen LogP contribution in [0.2, 0.25) is 0 Å². The first-order valence-electron chi connectivity index (χ1n) is 6.02. The van der Waals surface area contributed by atoms with Gasteiger partial charge in [-0.15, -0.1) is 0 Å². The number of rotatable bonds is 1. The van der Waals surface area contributed by atoms with E-state index in [0.29, 0.717) is 24.9 Å². The quantitative estimate of drug-likeness (QED) is 0.720. The Labute approximate surface area is 96.4 Å². The molecular weight excluding hydrogens is 204 g/mol. The summed E-state index contributed by atoms with van der Waals surface area (Å²) in [6.45, 7) is 6.35. The van der Waals surface area contributed by atoms with E-state index in [2.05, 4.69) is 12.2 Å². The van der Waals surface area contributed by atoms with Crippen LogP contribution >= 0.6 is 0 Å². The van der Waals surface area contributed by atoms with E-state index in [9.17, 15) is 9.59 Å². The minimum Gasteiger partial charge on any atom is -0.342 e. The van der Waals surface area contributed by atoms with Crippen LogP contribution < -0.4 is 5.32 Å². The van der Waals surface area contributed by atoms with Crippen molar-refractivity contribution in [1.29, 1.82) is 0 Å². The Hall–Kier alpha value is -1.06. The summed E-state index contributed by atoms with van der Waals surface area (Å²) in [6, 6.07) is 0.356. The molecule has 0 radical (unpaired) electrons. The van der Waals surface area contributed by atoms with Crippen molar-refractivity contribution in [3.8, 4) is 0 Å². The molecule has 0 atom stereocenters. The average Bonchev–Trinajstić information content (AvgIpc) is 2.21. The minimum absolute atomic E-state index is 0.0202. The third-order valence-corrected chi connectivity index (χ3v) is 3.62. The summed E-state index contributed by atoms with van der Waals surface area (Å²) < 4.78 is 0. The average molecular weight is 224 g/mol. The van der Waals surface area contributed by atoms with Crippen LogP contribution in [0, 0.1) is 5.92 Å². The van der Waals surface area contributed by atoms with Crippen molar-refractivity contribution in [2.24, 2.45) is 5.92 Å². The van der Waals surface area contributed by atoms with Gasteiger partial charge in [0.25, 0.3) is 0 Å². The van der Waals surface area contributed by atoms with E-state index in [1.165, 1.54) is 0 Å². The summed E-state index contributed by atoms with van der Waals surface area (Å²) in [5.41, 5.74) is -0.744. The van der Waals surface area contributed by atoms with Crippen molar-refractivity contribution in [2.75, 3.05) is 6.54 Å². The topological polar surface area (TPSA) is 49.4 Å². The zero-order valence-corrected chi connectivity index (χ0v) is 10.2. The summed E-state index contributed by atoms with van der Waals surface area (Å²) in [6.07, 6.45) is 2.59. The molecule has 4 heteroatoms. The first-order chi connectivity index (χ1) is 7.40. The van der Waals surface area contributed by atoms with E-state index < -0.39 is 5.54 Å². The third kappa shape index (κ3) is 1.93. The molecule has 2 amide bonds. The predicted octanol–water partition coefficient (Wildman–Crippen LogP) is 0.912. The fourth-order valence-corrected chi connectivity index (χ4v) is 2.61. The van der Waals surface area contributed by atoms with Crippen molar-refractivity contribution >= 4 is 11.8 Å². The van der Waals surface area contributed by atoms with Crippen LogP contribution in [0.5, 0.6) is 0 Å². The summed E-state index contributed by atoms with van der Waals surface area (Å²) in [5, 5.41) is 2.78. The number of nitrogens with zero attached hydrogens (tertiary/aromatic N) is 1. The maximum Gasteiger partial charge on any atom is 0.248 e. The molecule has 1 N–H and O–H groups in total. The first-order valence-corrected chi connectivity index (χ1v) is 6.02. The number of hydrogen-bond donors (Lipinski definition) is 1. The van der Waals surface area contributed by atoms with Gasteiger partial charge >= 0.3 is 0 Å². The highest BCUT2D eigenvalue weighted by Crippen LogP contribution is 2.33. The highest BCUT2D eigenvalue weighted by atomic mass is 16.2. The van der Waals surface area contributed by atoms with Crippen LogP contribution in [-0.4, -0.2) is 34.8 Å². The molecule has 2 aliphatic rings. The standard InChI is InChI=1S/C12H20N2O2/c1-8-6-9(7-8)14-5-4-10(15)13-12(2,3)11(14)16/h8-9H,4-7H2,1-3H3,(H,13,15). The van der Waals surface area contributed by atoms with Gasteiger partial charge in [-0.05, 0) is 32.6 Å². The Morgan fingerprint density at radius 2 is 1.94 bits per heavy atom. The smallest absolute Gasteiger partial charge is 0.248 e. The second-order valence-electron chi connectivity index (χ2n) is 5.65. The van der Waals surface area contributed by atoms with Crippen LogP contribution in [0.1, 0.15) is 40.0 Å².